The maximum atomic E-state index is 11.3. The summed E-state index contributed by atoms with van der Waals surface area (Å²) in [6, 6.07) is 9.71. The number of nitrogens with zero attached hydrogens (tertiary/aromatic N) is 2. The molecular formula is C17H16N4O2. The van der Waals surface area contributed by atoms with Crippen LogP contribution in [0, 0.1) is 6.92 Å². The van der Waals surface area contributed by atoms with Gasteiger partial charge in [0.1, 0.15) is 11.4 Å². The molecule has 1 aromatic carbocycles. The number of hydrogen-bond donors (Lipinski definition) is 2. The predicted octanol–water partition coefficient (Wildman–Crippen LogP) is 2.59. The van der Waals surface area contributed by atoms with Crippen molar-refractivity contribution in [2.24, 2.45) is 0 Å². The Bertz CT molecular complexity index is 901. The summed E-state index contributed by atoms with van der Waals surface area (Å²) in [6.45, 7) is 2.77. The number of benzene rings is 1. The number of carbonyl (C=O) groups is 1. The van der Waals surface area contributed by atoms with E-state index in [2.05, 4.69) is 39.2 Å². The summed E-state index contributed by atoms with van der Waals surface area (Å²) in [7, 11) is 0. The van der Waals surface area contributed by atoms with Crippen LogP contribution < -0.4 is 15.4 Å². The summed E-state index contributed by atoms with van der Waals surface area (Å²) in [5, 5.41) is 6.15. The molecule has 0 radical (unpaired) electrons. The van der Waals surface area contributed by atoms with Gasteiger partial charge in [-0.25, -0.2) is 4.98 Å². The molecule has 2 N–H and O–H groups in total. The highest BCUT2D eigenvalue weighted by Crippen LogP contribution is 2.30. The predicted molar refractivity (Wildman–Crippen MR) is 87.8 cm³/mol. The van der Waals surface area contributed by atoms with Crippen molar-refractivity contribution >= 4 is 22.9 Å². The zero-order valence-corrected chi connectivity index (χ0v) is 12.7. The Kier molecular flexibility index (Phi) is 3.15. The molecular weight excluding hydrogens is 292 g/mol. The van der Waals surface area contributed by atoms with E-state index in [0.717, 1.165) is 17.0 Å². The smallest absolute Gasteiger partial charge is 0.262 e. The van der Waals surface area contributed by atoms with E-state index >= 15 is 0 Å². The van der Waals surface area contributed by atoms with Crippen LogP contribution in [0.15, 0.2) is 42.7 Å². The highest BCUT2D eigenvalue weighted by molar-refractivity contribution is 5.95. The fourth-order valence-electron chi connectivity index (χ4n) is 2.65. The van der Waals surface area contributed by atoms with Gasteiger partial charge in [-0.05, 0) is 30.7 Å². The maximum absolute atomic E-state index is 11.3. The van der Waals surface area contributed by atoms with E-state index in [0.29, 0.717) is 18.0 Å². The van der Waals surface area contributed by atoms with Crippen LogP contribution in [0.3, 0.4) is 0 Å². The lowest BCUT2D eigenvalue weighted by Crippen LogP contribution is -2.25. The van der Waals surface area contributed by atoms with Crippen molar-refractivity contribution in [1.82, 2.24) is 9.38 Å². The minimum absolute atomic E-state index is 0.0585. The van der Waals surface area contributed by atoms with E-state index in [9.17, 15) is 4.79 Å². The molecule has 0 spiro atoms. The monoisotopic (exact) mass is 308 g/mol. The molecule has 1 aliphatic rings. The first-order chi connectivity index (χ1) is 11.2. The summed E-state index contributed by atoms with van der Waals surface area (Å²) in [5.74, 6) is 0.558. The lowest BCUT2D eigenvalue weighted by Gasteiger charge is -2.18. The second-order valence-electron chi connectivity index (χ2n) is 5.59. The van der Waals surface area contributed by atoms with Gasteiger partial charge in [0.25, 0.3) is 5.91 Å². The fraction of sp³-hybridized carbons (Fsp3) is 0.176. The Hall–Kier alpha value is -3.02. The van der Waals surface area contributed by atoms with Crippen molar-refractivity contribution < 1.29 is 9.53 Å². The summed E-state index contributed by atoms with van der Waals surface area (Å²) in [4.78, 5) is 15.7. The normalized spacial score (nSPS) is 13.3. The Labute approximate surface area is 133 Å². The molecule has 6 heteroatoms. The molecule has 0 bridgehead atoms. The molecule has 116 valence electrons. The lowest BCUT2D eigenvalue weighted by atomic mass is 10.2. The first-order valence-electron chi connectivity index (χ1n) is 7.42. The number of ether oxygens (including phenoxy) is 1. The third-order valence-corrected chi connectivity index (χ3v) is 3.82. The van der Waals surface area contributed by atoms with Gasteiger partial charge in [0.15, 0.2) is 6.61 Å². The van der Waals surface area contributed by atoms with Crippen LogP contribution in [-0.2, 0) is 11.3 Å². The molecule has 1 aliphatic heterocycles. The SMILES string of the molecule is Cc1ccc2ncc(CNc3ccc4c(c3)OCC(=O)N4)n2c1. The second kappa shape index (κ2) is 5.31. The molecule has 1 amide bonds. The number of amides is 1. The van der Waals surface area contributed by atoms with Gasteiger partial charge in [-0.15, -0.1) is 0 Å². The van der Waals surface area contributed by atoms with Gasteiger partial charge < -0.3 is 19.8 Å². The van der Waals surface area contributed by atoms with Gasteiger partial charge in [-0.2, -0.15) is 0 Å². The molecule has 23 heavy (non-hydrogen) atoms. The Morgan fingerprint density at radius 2 is 2.26 bits per heavy atom. The molecule has 0 atom stereocenters. The van der Waals surface area contributed by atoms with Gasteiger partial charge in [0.05, 0.1) is 24.1 Å². The number of anilines is 2. The number of rotatable bonds is 3. The third-order valence-electron chi connectivity index (χ3n) is 3.82. The topological polar surface area (TPSA) is 67.7 Å². The van der Waals surface area contributed by atoms with Crippen LogP contribution in [0.1, 0.15) is 11.3 Å². The van der Waals surface area contributed by atoms with E-state index < -0.39 is 0 Å². The summed E-state index contributed by atoms with van der Waals surface area (Å²) < 4.78 is 7.51. The van der Waals surface area contributed by atoms with Gasteiger partial charge in [-0.1, -0.05) is 6.07 Å². The minimum Gasteiger partial charge on any atom is -0.482 e. The number of aromatic nitrogens is 2. The molecule has 0 unspecified atom stereocenters. The molecule has 0 saturated heterocycles. The average Bonchev–Trinajstić information content (AvgIpc) is 2.95. The van der Waals surface area contributed by atoms with Crippen LogP contribution in [0.4, 0.5) is 11.4 Å². The van der Waals surface area contributed by atoms with Crippen molar-refractivity contribution in [2.45, 2.75) is 13.5 Å². The number of fused-ring (bicyclic) bond motifs is 2. The summed E-state index contributed by atoms with van der Waals surface area (Å²) in [5.41, 5.74) is 4.84. The van der Waals surface area contributed by atoms with Crippen LogP contribution in [0.25, 0.3) is 5.65 Å². The van der Waals surface area contributed by atoms with Gasteiger partial charge in [0, 0.05) is 18.0 Å². The highest BCUT2D eigenvalue weighted by atomic mass is 16.5. The first-order valence-corrected chi connectivity index (χ1v) is 7.42. The number of hydrogen-bond acceptors (Lipinski definition) is 4. The molecule has 0 aliphatic carbocycles. The zero-order valence-electron chi connectivity index (χ0n) is 12.7. The number of aryl methyl sites for hydroxylation is 1. The van der Waals surface area contributed by atoms with E-state index in [1.807, 2.05) is 30.5 Å². The Morgan fingerprint density at radius 1 is 1.35 bits per heavy atom. The fourth-order valence-corrected chi connectivity index (χ4v) is 2.65. The van der Waals surface area contributed by atoms with Crippen LogP contribution >= 0.6 is 0 Å². The third kappa shape index (κ3) is 2.59. The van der Waals surface area contributed by atoms with Crippen molar-refractivity contribution in [3.8, 4) is 5.75 Å². The van der Waals surface area contributed by atoms with Crippen LogP contribution in [0.5, 0.6) is 5.75 Å². The van der Waals surface area contributed by atoms with Crippen molar-refractivity contribution in [1.29, 1.82) is 0 Å². The van der Waals surface area contributed by atoms with Gasteiger partial charge >= 0.3 is 0 Å². The molecule has 2 aromatic heterocycles. The minimum atomic E-state index is -0.126. The molecule has 3 aromatic rings. The van der Waals surface area contributed by atoms with Gasteiger partial charge in [-0.3, -0.25) is 4.79 Å². The van der Waals surface area contributed by atoms with E-state index in [1.54, 1.807) is 0 Å². The van der Waals surface area contributed by atoms with E-state index in [1.165, 1.54) is 5.56 Å². The second-order valence-corrected chi connectivity index (χ2v) is 5.59. The number of nitrogens with one attached hydrogen (secondary N) is 2. The molecule has 0 fully saturated rings. The van der Waals surface area contributed by atoms with E-state index in [4.69, 9.17) is 4.74 Å². The van der Waals surface area contributed by atoms with Crippen LogP contribution in [0.2, 0.25) is 0 Å². The summed E-state index contributed by atoms with van der Waals surface area (Å²) in [6.07, 6.45) is 3.95. The quantitative estimate of drug-likeness (QED) is 0.780. The Balaban J connectivity index is 1.54. The van der Waals surface area contributed by atoms with Crippen molar-refractivity contribution in [2.75, 3.05) is 17.2 Å². The molecule has 0 saturated carbocycles. The summed E-state index contributed by atoms with van der Waals surface area (Å²) >= 11 is 0. The standard InChI is InChI=1S/C17H16N4O2/c1-11-2-5-16-19-8-13(21(16)9-11)7-18-12-3-4-14-15(6-12)23-10-17(22)20-14/h2-6,8-9,18H,7,10H2,1H3,(H,20,22). The van der Waals surface area contributed by atoms with Crippen molar-refractivity contribution in [3.05, 3.63) is 54.0 Å². The molecule has 3 heterocycles. The zero-order chi connectivity index (χ0) is 15.8. The first kappa shape index (κ1) is 13.6. The largest absolute Gasteiger partial charge is 0.482 e. The van der Waals surface area contributed by atoms with E-state index in [-0.39, 0.29) is 12.5 Å². The number of imidazole rings is 1. The average molecular weight is 308 g/mol. The van der Waals surface area contributed by atoms with Crippen LogP contribution in [-0.4, -0.2) is 21.9 Å². The Morgan fingerprint density at radius 3 is 3.17 bits per heavy atom. The molecule has 4 rings (SSSR count). The number of carbonyl (C=O) groups excluding carboxylic acids is 1. The lowest BCUT2D eigenvalue weighted by molar-refractivity contribution is -0.118. The molecule has 6 nitrogen and oxygen atoms in total. The number of pyridine rings is 1. The van der Waals surface area contributed by atoms with Gasteiger partial charge in [0.2, 0.25) is 0 Å². The highest BCUT2D eigenvalue weighted by Gasteiger charge is 2.15. The van der Waals surface area contributed by atoms with Crippen molar-refractivity contribution in [3.63, 3.8) is 0 Å². The maximum Gasteiger partial charge on any atom is 0.262 e.